The van der Waals surface area contributed by atoms with Crippen LogP contribution in [-0.2, 0) is 12.0 Å². The first-order valence-corrected chi connectivity index (χ1v) is 9.58. The van der Waals surface area contributed by atoms with Crippen molar-refractivity contribution in [1.29, 1.82) is 0 Å². The summed E-state index contributed by atoms with van der Waals surface area (Å²) in [7, 11) is 0. The number of aliphatic imine (C=N–C) groups is 1. The van der Waals surface area contributed by atoms with E-state index in [1.807, 2.05) is 60.7 Å². The molecule has 0 amide bonds. The zero-order valence-corrected chi connectivity index (χ0v) is 15.8. The zero-order chi connectivity index (χ0) is 20.3. The van der Waals surface area contributed by atoms with Gasteiger partial charge in [-0.05, 0) is 42.2 Å². The number of alkyl halides is 2. The Hall–Kier alpha value is -3.08. The van der Waals surface area contributed by atoms with Crippen LogP contribution in [-0.4, -0.2) is 24.2 Å². The molecule has 0 bridgehead atoms. The predicted octanol–water partition coefficient (Wildman–Crippen LogP) is 5.94. The summed E-state index contributed by atoms with van der Waals surface area (Å²) in [4.78, 5) is 5.91. The van der Waals surface area contributed by atoms with Crippen LogP contribution in [0.1, 0.15) is 23.1 Å². The summed E-state index contributed by atoms with van der Waals surface area (Å²) >= 11 is 0. The number of rotatable bonds is 6. The first-order valence-electron chi connectivity index (χ1n) is 9.58. The zero-order valence-electron chi connectivity index (χ0n) is 15.8. The van der Waals surface area contributed by atoms with Crippen molar-refractivity contribution in [3.05, 3.63) is 101 Å². The molecule has 29 heavy (non-hydrogen) atoms. The third-order valence-corrected chi connectivity index (χ3v) is 5.44. The summed E-state index contributed by atoms with van der Waals surface area (Å²) in [6.45, 7) is -0.483. The van der Waals surface area contributed by atoms with Crippen LogP contribution in [0.25, 0.3) is 0 Å². The Morgan fingerprint density at radius 1 is 0.897 bits per heavy atom. The highest BCUT2D eigenvalue weighted by molar-refractivity contribution is 5.72. The van der Waals surface area contributed by atoms with Gasteiger partial charge in [-0.1, -0.05) is 60.7 Å². The molecule has 0 fully saturated rings. The molecule has 0 aliphatic carbocycles. The van der Waals surface area contributed by atoms with Crippen molar-refractivity contribution in [2.75, 3.05) is 6.54 Å². The highest BCUT2D eigenvalue weighted by Crippen LogP contribution is 2.46. The van der Waals surface area contributed by atoms with E-state index in [-0.39, 0.29) is 0 Å². The third-order valence-electron chi connectivity index (χ3n) is 5.44. The molecule has 1 aliphatic rings. The summed E-state index contributed by atoms with van der Waals surface area (Å²) in [6.07, 6.45) is 0.0937. The molecule has 148 valence electrons. The number of fused-ring (bicyclic) bond motifs is 1. The molecule has 1 unspecified atom stereocenters. The number of benzene rings is 3. The van der Waals surface area contributed by atoms with E-state index in [2.05, 4.69) is 4.99 Å². The van der Waals surface area contributed by atoms with Gasteiger partial charge in [0.25, 0.3) is 6.43 Å². The lowest BCUT2D eigenvalue weighted by atomic mass is 9.75. The van der Waals surface area contributed by atoms with Crippen LogP contribution in [0.2, 0.25) is 0 Å². The van der Waals surface area contributed by atoms with Crippen LogP contribution in [0.5, 0.6) is 0 Å². The molecule has 0 N–H and O–H groups in total. The van der Waals surface area contributed by atoms with Crippen LogP contribution >= 0.6 is 0 Å². The second-order valence-corrected chi connectivity index (χ2v) is 7.16. The fraction of sp³-hybridized carbons (Fsp3) is 0.208. The molecule has 1 atom stereocenters. The number of aryl methyl sites for hydroxylation is 1. The molecule has 3 aromatic rings. The van der Waals surface area contributed by atoms with Crippen molar-refractivity contribution in [2.24, 2.45) is 4.99 Å². The fourth-order valence-electron chi connectivity index (χ4n) is 4.12. The van der Waals surface area contributed by atoms with Crippen molar-refractivity contribution < 1.29 is 13.2 Å². The fourth-order valence-corrected chi connectivity index (χ4v) is 4.12. The van der Waals surface area contributed by atoms with Crippen molar-refractivity contribution >= 4 is 12.0 Å². The molecule has 0 radical (unpaired) electrons. The lowest BCUT2D eigenvalue weighted by molar-refractivity contribution is 0.0778. The molecular weight excluding hydrogens is 373 g/mol. The van der Waals surface area contributed by atoms with Gasteiger partial charge in [0.05, 0.1) is 24.1 Å². The summed E-state index contributed by atoms with van der Waals surface area (Å²) < 4.78 is 41.3. The van der Waals surface area contributed by atoms with Crippen molar-refractivity contribution in [3.63, 3.8) is 0 Å². The Morgan fingerprint density at radius 2 is 1.59 bits per heavy atom. The number of halogens is 3. The quantitative estimate of drug-likeness (QED) is 0.505. The van der Waals surface area contributed by atoms with E-state index in [0.29, 0.717) is 24.1 Å². The molecule has 0 saturated carbocycles. The topological polar surface area (TPSA) is 15.6 Å². The maximum Gasteiger partial charge on any atom is 0.255 e. The van der Waals surface area contributed by atoms with Crippen molar-refractivity contribution in [2.45, 2.75) is 24.8 Å². The number of nitrogens with zero attached hydrogens (tertiary/aromatic N) is 2. The Balaban J connectivity index is 1.89. The van der Waals surface area contributed by atoms with Crippen molar-refractivity contribution in [3.8, 4) is 0 Å². The largest absolute Gasteiger partial charge is 0.343 e. The maximum absolute atomic E-state index is 14.3. The van der Waals surface area contributed by atoms with E-state index < -0.39 is 24.3 Å². The first kappa shape index (κ1) is 19.2. The van der Waals surface area contributed by atoms with Crippen LogP contribution < -0.4 is 0 Å². The van der Waals surface area contributed by atoms with E-state index in [1.165, 1.54) is 18.5 Å². The Labute approximate surface area is 168 Å². The van der Waals surface area contributed by atoms with Gasteiger partial charge in [0.1, 0.15) is 5.82 Å². The second kappa shape index (κ2) is 8.11. The molecule has 0 spiro atoms. The van der Waals surface area contributed by atoms with E-state index in [4.69, 9.17) is 0 Å². The van der Waals surface area contributed by atoms with Gasteiger partial charge >= 0.3 is 0 Å². The van der Waals surface area contributed by atoms with Crippen LogP contribution in [0.3, 0.4) is 0 Å². The lowest BCUT2D eigenvalue weighted by Crippen LogP contribution is -2.50. The molecule has 5 heteroatoms. The average Bonchev–Trinajstić information content (AvgIpc) is 2.74. The van der Waals surface area contributed by atoms with Crippen molar-refractivity contribution in [1.82, 2.24) is 4.90 Å². The minimum absolute atomic E-state index is 0.405. The molecule has 2 nitrogen and oxygen atoms in total. The summed E-state index contributed by atoms with van der Waals surface area (Å²) in [5.74, 6) is -0.405. The normalized spacial score (nSPS) is 18.1. The van der Waals surface area contributed by atoms with Crippen LogP contribution in [0.4, 0.5) is 18.9 Å². The minimum Gasteiger partial charge on any atom is -0.343 e. The monoisotopic (exact) mass is 394 g/mol. The number of hydrogen-bond donors (Lipinski definition) is 0. The van der Waals surface area contributed by atoms with Gasteiger partial charge in [-0.3, -0.25) is 0 Å². The van der Waals surface area contributed by atoms with Crippen LogP contribution in [0.15, 0.2) is 83.9 Å². The average molecular weight is 394 g/mol. The highest BCUT2D eigenvalue weighted by atomic mass is 19.3. The molecule has 0 aromatic heterocycles. The highest BCUT2D eigenvalue weighted by Gasteiger charge is 2.43. The maximum atomic E-state index is 14.3. The van der Waals surface area contributed by atoms with Gasteiger partial charge in [0, 0.05) is 5.56 Å². The third kappa shape index (κ3) is 3.77. The van der Waals surface area contributed by atoms with Gasteiger partial charge in [-0.2, -0.15) is 0 Å². The van der Waals surface area contributed by atoms with E-state index in [0.717, 1.165) is 11.1 Å². The first-order chi connectivity index (χ1) is 14.1. The van der Waals surface area contributed by atoms with Gasteiger partial charge < -0.3 is 4.90 Å². The Morgan fingerprint density at radius 3 is 2.28 bits per heavy atom. The van der Waals surface area contributed by atoms with Crippen LogP contribution in [0, 0.1) is 5.82 Å². The summed E-state index contributed by atoms with van der Waals surface area (Å²) in [5.41, 5.74) is 2.22. The predicted molar refractivity (Wildman–Crippen MR) is 109 cm³/mol. The lowest BCUT2D eigenvalue weighted by Gasteiger charge is -2.46. The molecule has 0 saturated heterocycles. The molecule has 1 heterocycles. The van der Waals surface area contributed by atoms with E-state index >= 15 is 0 Å². The van der Waals surface area contributed by atoms with Gasteiger partial charge in [0.15, 0.2) is 0 Å². The molecular formula is C24H21F3N2. The second-order valence-electron chi connectivity index (χ2n) is 7.16. The van der Waals surface area contributed by atoms with E-state index in [9.17, 15) is 13.2 Å². The molecule has 4 rings (SSSR count). The minimum atomic E-state index is -2.55. The summed E-state index contributed by atoms with van der Waals surface area (Å²) in [6, 6.07) is 23.8. The number of hydrogen-bond acceptors (Lipinski definition) is 2. The Kier molecular flexibility index (Phi) is 5.38. The smallest absolute Gasteiger partial charge is 0.255 e. The molecule has 1 aliphatic heterocycles. The summed E-state index contributed by atoms with van der Waals surface area (Å²) in [5, 5.41) is 0. The Bertz CT molecular complexity index is 990. The van der Waals surface area contributed by atoms with Gasteiger partial charge in [-0.15, -0.1) is 0 Å². The van der Waals surface area contributed by atoms with E-state index in [1.54, 1.807) is 11.0 Å². The van der Waals surface area contributed by atoms with Gasteiger partial charge in [0.2, 0.25) is 0 Å². The molecule has 3 aromatic carbocycles. The van der Waals surface area contributed by atoms with Gasteiger partial charge in [-0.25, -0.2) is 18.2 Å². The standard InChI is InChI=1S/C24H21F3N2/c25-20-11-12-22-21(15-20)24(19-9-5-2-6-10-19,29(17-28-22)16-23(26)27)14-13-18-7-3-1-4-8-18/h1-12,15,17,23H,13-14,16H2. The SMILES string of the molecule is Fc1ccc2c(c1)C(CCc1ccccc1)(c1ccccc1)N(CC(F)F)C=N2.